The normalized spacial score (nSPS) is 12.6. The molecule has 1 atom stereocenters. The van der Waals surface area contributed by atoms with Crippen molar-refractivity contribution in [3.8, 4) is 11.4 Å². The standard InChI is InChI=1S/C13H17N3O3/c1-8-4-10(5-9(2)14-8)13-15-12(19-16-13)6-11(17)7-18-3/h4-5,11,17H,6-7H2,1-3H3. The minimum atomic E-state index is -0.640. The lowest BCUT2D eigenvalue weighted by Gasteiger charge is -2.04. The maximum atomic E-state index is 9.61. The third-order valence-electron chi connectivity index (χ3n) is 2.58. The van der Waals surface area contributed by atoms with E-state index in [0.29, 0.717) is 11.7 Å². The number of rotatable bonds is 5. The molecule has 1 unspecified atom stereocenters. The first kappa shape index (κ1) is 13.6. The smallest absolute Gasteiger partial charge is 0.229 e. The molecule has 0 aliphatic carbocycles. The van der Waals surface area contributed by atoms with Crippen molar-refractivity contribution < 1.29 is 14.4 Å². The quantitative estimate of drug-likeness (QED) is 0.875. The first-order valence-electron chi connectivity index (χ1n) is 6.03. The molecule has 0 fully saturated rings. The average Bonchev–Trinajstić information content (AvgIpc) is 2.76. The highest BCUT2D eigenvalue weighted by atomic mass is 16.5. The first-order valence-corrected chi connectivity index (χ1v) is 6.03. The van der Waals surface area contributed by atoms with Gasteiger partial charge in [-0.25, -0.2) is 0 Å². The number of methoxy groups -OCH3 is 1. The highest BCUT2D eigenvalue weighted by molar-refractivity contribution is 5.55. The summed E-state index contributed by atoms with van der Waals surface area (Å²) in [5, 5.41) is 13.5. The van der Waals surface area contributed by atoms with Gasteiger partial charge in [-0.3, -0.25) is 4.98 Å². The SMILES string of the molecule is COCC(O)Cc1nc(-c2cc(C)nc(C)c2)no1. The van der Waals surface area contributed by atoms with Crippen LogP contribution in [0.2, 0.25) is 0 Å². The molecule has 2 rings (SSSR count). The molecule has 0 aromatic carbocycles. The molecule has 102 valence electrons. The van der Waals surface area contributed by atoms with E-state index in [1.807, 2.05) is 26.0 Å². The maximum absolute atomic E-state index is 9.61. The second-order valence-corrected chi connectivity index (χ2v) is 4.46. The Morgan fingerprint density at radius 3 is 2.58 bits per heavy atom. The highest BCUT2D eigenvalue weighted by Crippen LogP contribution is 2.18. The van der Waals surface area contributed by atoms with Crippen molar-refractivity contribution in [3.63, 3.8) is 0 Å². The van der Waals surface area contributed by atoms with Gasteiger partial charge in [0.15, 0.2) is 0 Å². The zero-order valence-corrected chi connectivity index (χ0v) is 11.3. The molecule has 0 spiro atoms. The van der Waals surface area contributed by atoms with E-state index >= 15 is 0 Å². The number of aliphatic hydroxyl groups is 1. The zero-order valence-electron chi connectivity index (χ0n) is 11.3. The van der Waals surface area contributed by atoms with Crippen molar-refractivity contribution in [1.82, 2.24) is 15.1 Å². The van der Waals surface area contributed by atoms with Crippen LogP contribution in [0.25, 0.3) is 11.4 Å². The summed E-state index contributed by atoms with van der Waals surface area (Å²) in [6, 6.07) is 3.79. The largest absolute Gasteiger partial charge is 0.390 e. The monoisotopic (exact) mass is 263 g/mol. The van der Waals surface area contributed by atoms with Crippen LogP contribution in [0.3, 0.4) is 0 Å². The fraction of sp³-hybridized carbons (Fsp3) is 0.462. The van der Waals surface area contributed by atoms with Crippen molar-refractivity contribution >= 4 is 0 Å². The second-order valence-electron chi connectivity index (χ2n) is 4.46. The fourth-order valence-electron chi connectivity index (χ4n) is 1.87. The van der Waals surface area contributed by atoms with Gasteiger partial charge in [-0.15, -0.1) is 0 Å². The molecule has 0 amide bonds. The topological polar surface area (TPSA) is 81.3 Å². The van der Waals surface area contributed by atoms with Crippen molar-refractivity contribution in [1.29, 1.82) is 0 Å². The van der Waals surface area contributed by atoms with Gasteiger partial charge in [0.25, 0.3) is 0 Å². The molecule has 1 N–H and O–H groups in total. The van der Waals surface area contributed by atoms with Gasteiger partial charge in [0.05, 0.1) is 19.1 Å². The van der Waals surface area contributed by atoms with Gasteiger partial charge in [-0.1, -0.05) is 5.16 Å². The van der Waals surface area contributed by atoms with Gasteiger partial charge < -0.3 is 14.4 Å². The van der Waals surface area contributed by atoms with E-state index in [-0.39, 0.29) is 13.0 Å². The number of hydrogen-bond donors (Lipinski definition) is 1. The van der Waals surface area contributed by atoms with E-state index in [9.17, 15) is 5.11 Å². The lowest BCUT2D eigenvalue weighted by atomic mass is 10.2. The fourth-order valence-corrected chi connectivity index (χ4v) is 1.87. The molecule has 2 aromatic rings. The van der Waals surface area contributed by atoms with Crippen LogP contribution in [0.5, 0.6) is 0 Å². The van der Waals surface area contributed by atoms with E-state index in [1.54, 1.807) is 0 Å². The van der Waals surface area contributed by atoms with Gasteiger partial charge in [0, 0.05) is 24.1 Å². The molecule has 19 heavy (non-hydrogen) atoms. The van der Waals surface area contributed by atoms with Crippen LogP contribution in [0.1, 0.15) is 17.3 Å². The number of aryl methyl sites for hydroxylation is 2. The van der Waals surface area contributed by atoms with Crippen molar-refractivity contribution in [3.05, 3.63) is 29.4 Å². The van der Waals surface area contributed by atoms with E-state index in [4.69, 9.17) is 9.26 Å². The maximum Gasteiger partial charge on any atom is 0.229 e. The van der Waals surface area contributed by atoms with Crippen LogP contribution in [-0.4, -0.2) is 40.1 Å². The lowest BCUT2D eigenvalue weighted by Crippen LogP contribution is -2.17. The van der Waals surface area contributed by atoms with Gasteiger partial charge in [-0.2, -0.15) is 4.98 Å². The summed E-state index contributed by atoms with van der Waals surface area (Å²) in [7, 11) is 1.53. The number of hydrogen-bond acceptors (Lipinski definition) is 6. The molecular weight excluding hydrogens is 246 g/mol. The Bertz CT molecular complexity index is 534. The molecule has 2 aromatic heterocycles. The Morgan fingerprint density at radius 1 is 1.26 bits per heavy atom. The van der Waals surface area contributed by atoms with Gasteiger partial charge in [-0.05, 0) is 26.0 Å². The van der Waals surface area contributed by atoms with Crippen LogP contribution in [0, 0.1) is 13.8 Å². The molecule has 0 aliphatic heterocycles. The summed E-state index contributed by atoms with van der Waals surface area (Å²) in [5.74, 6) is 0.903. The Kier molecular flexibility index (Phi) is 4.24. The number of nitrogens with zero attached hydrogens (tertiary/aromatic N) is 3. The van der Waals surface area contributed by atoms with Gasteiger partial charge in [0.1, 0.15) is 0 Å². The molecule has 0 bridgehead atoms. The van der Waals surface area contributed by atoms with Gasteiger partial charge >= 0.3 is 0 Å². The predicted octanol–water partition coefficient (Wildman–Crippen LogP) is 1.30. The summed E-state index contributed by atoms with van der Waals surface area (Å²) >= 11 is 0. The van der Waals surface area contributed by atoms with Crippen LogP contribution in [0.15, 0.2) is 16.7 Å². The van der Waals surface area contributed by atoms with Crippen molar-refractivity contribution in [2.45, 2.75) is 26.4 Å². The third-order valence-corrected chi connectivity index (χ3v) is 2.58. The molecule has 0 aliphatic rings. The number of pyridine rings is 1. The third kappa shape index (κ3) is 3.59. The number of ether oxygens (including phenoxy) is 1. The summed E-state index contributed by atoms with van der Waals surface area (Å²) in [4.78, 5) is 8.56. The summed E-state index contributed by atoms with van der Waals surface area (Å²) < 4.78 is 9.97. The Labute approximate surface area is 111 Å². The zero-order chi connectivity index (χ0) is 13.8. The first-order chi connectivity index (χ1) is 9.08. The molecule has 0 radical (unpaired) electrons. The number of aromatic nitrogens is 3. The van der Waals surface area contributed by atoms with E-state index in [0.717, 1.165) is 17.0 Å². The number of aliphatic hydroxyl groups excluding tert-OH is 1. The van der Waals surface area contributed by atoms with E-state index in [2.05, 4.69) is 15.1 Å². The molecule has 0 saturated heterocycles. The summed E-state index contributed by atoms with van der Waals surface area (Å²) in [6.45, 7) is 4.07. The lowest BCUT2D eigenvalue weighted by molar-refractivity contribution is 0.0599. The predicted molar refractivity (Wildman–Crippen MR) is 68.6 cm³/mol. The molecule has 6 nitrogen and oxygen atoms in total. The minimum absolute atomic E-state index is 0.241. The van der Waals surface area contributed by atoms with Crippen LogP contribution < -0.4 is 0 Å². The van der Waals surface area contributed by atoms with Crippen LogP contribution in [-0.2, 0) is 11.2 Å². The molecular formula is C13H17N3O3. The van der Waals surface area contributed by atoms with E-state index < -0.39 is 6.10 Å². The van der Waals surface area contributed by atoms with Crippen molar-refractivity contribution in [2.24, 2.45) is 0 Å². The minimum Gasteiger partial charge on any atom is -0.390 e. The Morgan fingerprint density at radius 2 is 1.95 bits per heavy atom. The average molecular weight is 263 g/mol. The highest BCUT2D eigenvalue weighted by Gasteiger charge is 2.13. The second kappa shape index (κ2) is 5.90. The van der Waals surface area contributed by atoms with Gasteiger partial charge in [0.2, 0.25) is 11.7 Å². The Hall–Kier alpha value is -1.79. The summed E-state index contributed by atoms with van der Waals surface area (Å²) in [5.41, 5.74) is 2.67. The Balaban J connectivity index is 2.16. The van der Waals surface area contributed by atoms with Crippen LogP contribution >= 0.6 is 0 Å². The summed E-state index contributed by atoms with van der Waals surface area (Å²) in [6.07, 6.45) is -0.358. The van der Waals surface area contributed by atoms with Crippen LogP contribution in [0.4, 0.5) is 0 Å². The van der Waals surface area contributed by atoms with Crippen molar-refractivity contribution in [2.75, 3.05) is 13.7 Å². The molecule has 6 heteroatoms. The van der Waals surface area contributed by atoms with E-state index in [1.165, 1.54) is 7.11 Å². The molecule has 0 saturated carbocycles. The molecule has 2 heterocycles.